The molecule has 21 heavy (non-hydrogen) atoms. The molecule has 2 rings (SSSR count). The Morgan fingerprint density at radius 1 is 1.33 bits per heavy atom. The molecule has 1 saturated carbocycles. The zero-order valence-electron chi connectivity index (χ0n) is 11.3. The van der Waals surface area contributed by atoms with Crippen LogP contribution in [0.5, 0.6) is 0 Å². The Balaban J connectivity index is 1.76. The lowest BCUT2D eigenvalue weighted by atomic mass is 9.94. The summed E-state index contributed by atoms with van der Waals surface area (Å²) in [5.41, 5.74) is 5.82. The van der Waals surface area contributed by atoms with Gasteiger partial charge in [0.1, 0.15) is 9.23 Å². The summed E-state index contributed by atoms with van der Waals surface area (Å²) in [5.74, 6) is 0. The largest absolute Gasteiger partial charge is 0.377 e. The standard InChI is InChI=1S/C12H18Cl2N2O3S2/c13-11-7-10(12(14)20-11)21(17,18)16-5-6-19-9-3-1-8(15)2-4-9/h7-9,16H,1-6,15H2. The van der Waals surface area contributed by atoms with Crippen LogP contribution >= 0.6 is 34.5 Å². The number of thiophene rings is 1. The van der Waals surface area contributed by atoms with Gasteiger partial charge in [-0.15, -0.1) is 11.3 Å². The van der Waals surface area contributed by atoms with Gasteiger partial charge in [-0.3, -0.25) is 0 Å². The summed E-state index contributed by atoms with van der Waals surface area (Å²) in [5, 5.41) is 0. The molecule has 5 nitrogen and oxygen atoms in total. The fourth-order valence-corrected chi connectivity index (χ4v) is 5.40. The first-order valence-corrected chi connectivity index (χ1v) is 9.75. The monoisotopic (exact) mass is 372 g/mol. The predicted octanol–water partition coefficient (Wildman–Crippen LogP) is 2.62. The third-order valence-electron chi connectivity index (χ3n) is 3.38. The van der Waals surface area contributed by atoms with E-state index in [4.69, 9.17) is 33.7 Å². The van der Waals surface area contributed by atoms with E-state index in [1.54, 1.807) is 0 Å². The first-order valence-electron chi connectivity index (χ1n) is 6.70. The molecule has 0 radical (unpaired) electrons. The zero-order valence-corrected chi connectivity index (χ0v) is 14.5. The van der Waals surface area contributed by atoms with Crippen molar-refractivity contribution in [3.05, 3.63) is 14.7 Å². The molecule has 0 unspecified atom stereocenters. The topological polar surface area (TPSA) is 81.4 Å². The van der Waals surface area contributed by atoms with Gasteiger partial charge < -0.3 is 10.5 Å². The Kier molecular flexibility index (Phi) is 6.31. The molecule has 0 bridgehead atoms. The zero-order chi connectivity index (χ0) is 15.5. The van der Waals surface area contributed by atoms with E-state index in [0.717, 1.165) is 37.0 Å². The molecule has 1 aromatic rings. The number of sulfonamides is 1. The van der Waals surface area contributed by atoms with Crippen LogP contribution in [-0.4, -0.2) is 33.7 Å². The van der Waals surface area contributed by atoms with Crippen LogP contribution in [0.1, 0.15) is 25.7 Å². The Hall–Kier alpha value is 0.110. The van der Waals surface area contributed by atoms with E-state index in [2.05, 4.69) is 4.72 Å². The molecule has 3 N–H and O–H groups in total. The molecular formula is C12H18Cl2N2O3S2. The van der Waals surface area contributed by atoms with Crippen molar-refractivity contribution in [1.29, 1.82) is 0 Å². The van der Waals surface area contributed by atoms with Crippen LogP contribution < -0.4 is 10.5 Å². The second-order valence-electron chi connectivity index (χ2n) is 4.99. The molecule has 120 valence electrons. The van der Waals surface area contributed by atoms with Crippen molar-refractivity contribution in [2.75, 3.05) is 13.2 Å². The normalized spacial score (nSPS) is 23.4. The summed E-state index contributed by atoms with van der Waals surface area (Å²) >= 11 is 12.6. The summed E-state index contributed by atoms with van der Waals surface area (Å²) in [7, 11) is -3.64. The molecule has 0 aliphatic heterocycles. The van der Waals surface area contributed by atoms with Crippen molar-refractivity contribution in [2.45, 2.75) is 42.7 Å². The number of hydrogen-bond acceptors (Lipinski definition) is 5. The summed E-state index contributed by atoms with van der Waals surface area (Å²) in [6.07, 6.45) is 3.95. The predicted molar refractivity (Wildman–Crippen MR) is 85.7 cm³/mol. The van der Waals surface area contributed by atoms with Crippen molar-refractivity contribution in [3.63, 3.8) is 0 Å². The molecule has 1 aromatic heterocycles. The molecule has 0 aromatic carbocycles. The van der Waals surface area contributed by atoms with Crippen molar-refractivity contribution >= 4 is 44.6 Å². The highest BCUT2D eigenvalue weighted by Gasteiger charge is 2.21. The van der Waals surface area contributed by atoms with E-state index < -0.39 is 10.0 Å². The lowest BCUT2D eigenvalue weighted by Gasteiger charge is -2.26. The fourth-order valence-electron chi connectivity index (χ4n) is 2.24. The van der Waals surface area contributed by atoms with E-state index >= 15 is 0 Å². The van der Waals surface area contributed by atoms with Gasteiger partial charge >= 0.3 is 0 Å². The van der Waals surface area contributed by atoms with Crippen LogP contribution in [0.2, 0.25) is 8.67 Å². The van der Waals surface area contributed by atoms with E-state index in [-0.39, 0.29) is 27.9 Å². The van der Waals surface area contributed by atoms with Crippen molar-refractivity contribution in [2.24, 2.45) is 5.73 Å². The molecule has 9 heteroatoms. The molecule has 0 atom stereocenters. The molecule has 0 spiro atoms. The second-order valence-corrected chi connectivity index (χ2v) is 9.01. The van der Waals surface area contributed by atoms with Crippen LogP contribution in [0.3, 0.4) is 0 Å². The van der Waals surface area contributed by atoms with Gasteiger partial charge in [0.05, 0.1) is 17.0 Å². The fraction of sp³-hybridized carbons (Fsp3) is 0.667. The van der Waals surface area contributed by atoms with Crippen molar-refractivity contribution < 1.29 is 13.2 Å². The van der Waals surface area contributed by atoms with Gasteiger partial charge in [0.25, 0.3) is 0 Å². The van der Waals surface area contributed by atoms with E-state index in [1.165, 1.54) is 6.07 Å². The Bertz CT molecular complexity index is 569. The summed E-state index contributed by atoms with van der Waals surface area (Å²) < 4.78 is 32.7. The molecule has 1 aliphatic carbocycles. The van der Waals surface area contributed by atoms with Gasteiger partial charge in [0.15, 0.2) is 0 Å². The highest BCUT2D eigenvalue weighted by molar-refractivity contribution is 7.89. The summed E-state index contributed by atoms with van der Waals surface area (Å²) in [4.78, 5) is 0.0165. The summed E-state index contributed by atoms with van der Waals surface area (Å²) in [6.45, 7) is 0.531. The number of nitrogens with two attached hydrogens (primary N) is 1. The third kappa shape index (κ3) is 5.06. The smallest absolute Gasteiger partial charge is 0.243 e. The molecule has 1 aliphatic rings. The number of hydrogen-bond donors (Lipinski definition) is 2. The SMILES string of the molecule is NC1CCC(OCCNS(=O)(=O)c2cc(Cl)sc2Cl)CC1. The summed E-state index contributed by atoms with van der Waals surface area (Å²) in [6, 6.07) is 1.62. The van der Waals surface area contributed by atoms with Gasteiger partial charge in [-0.25, -0.2) is 13.1 Å². The van der Waals surface area contributed by atoms with Gasteiger partial charge in [-0.2, -0.15) is 0 Å². The van der Waals surface area contributed by atoms with Crippen molar-refractivity contribution in [1.82, 2.24) is 4.72 Å². The van der Waals surface area contributed by atoms with Crippen LogP contribution in [0.25, 0.3) is 0 Å². The highest BCUT2D eigenvalue weighted by Crippen LogP contribution is 2.33. The maximum absolute atomic E-state index is 12.0. The Labute approximate surface area is 138 Å². The molecule has 0 saturated heterocycles. The van der Waals surface area contributed by atoms with Crippen LogP contribution in [0, 0.1) is 0 Å². The van der Waals surface area contributed by atoms with Gasteiger partial charge in [0, 0.05) is 12.6 Å². The minimum atomic E-state index is -3.64. The van der Waals surface area contributed by atoms with E-state index in [0.29, 0.717) is 10.9 Å². The van der Waals surface area contributed by atoms with Crippen LogP contribution in [0.15, 0.2) is 11.0 Å². The number of ether oxygens (including phenoxy) is 1. The molecule has 0 amide bonds. The maximum Gasteiger partial charge on any atom is 0.243 e. The molecule has 1 fully saturated rings. The third-order valence-corrected chi connectivity index (χ3v) is 6.60. The lowest BCUT2D eigenvalue weighted by molar-refractivity contribution is 0.0287. The van der Waals surface area contributed by atoms with Crippen LogP contribution in [0.4, 0.5) is 0 Å². The van der Waals surface area contributed by atoms with Gasteiger partial charge in [-0.05, 0) is 31.7 Å². The van der Waals surface area contributed by atoms with Crippen LogP contribution in [-0.2, 0) is 14.8 Å². The lowest BCUT2D eigenvalue weighted by Crippen LogP contribution is -2.33. The number of nitrogens with one attached hydrogen (secondary N) is 1. The molecule has 1 heterocycles. The maximum atomic E-state index is 12.0. The average Bonchev–Trinajstić information content (AvgIpc) is 2.77. The minimum absolute atomic E-state index is 0.0165. The number of rotatable bonds is 6. The first kappa shape index (κ1) is 17.5. The van der Waals surface area contributed by atoms with Crippen molar-refractivity contribution in [3.8, 4) is 0 Å². The average molecular weight is 373 g/mol. The Morgan fingerprint density at radius 3 is 2.57 bits per heavy atom. The van der Waals surface area contributed by atoms with Gasteiger partial charge in [-0.1, -0.05) is 23.2 Å². The molecular weight excluding hydrogens is 355 g/mol. The minimum Gasteiger partial charge on any atom is -0.377 e. The van der Waals surface area contributed by atoms with E-state index in [1.807, 2.05) is 0 Å². The Morgan fingerprint density at radius 2 is 2.00 bits per heavy atom. The highest BCUT2D eigenvalue weighted by atomic mass is 35.5. The van der Waals surface area contributed by atoms with E-state index in [9.17, 15) is 8.42 Å². The quantitative estimate of drug-likeness (QED) is 0.751. The second kappa shape index (κ2) is 7.59. The van der Waals surface area contributed by atoms with Gasteiger partial charge in [0.2, 0.25) is 10.0 Å². The number of halogens is 2. The first-order chi connectivity index (χ1) is 9.88.